The predicted octanol–water partition coefficient (Wildman–Crippen LogP) is 6.94. The van der Waals surface area contributed by atoms with Gasteiger partial charge in [0.05, 0.1) is 6.21 Å². The summed E-state index contributed by atoms with van der Waals surface area (Å²) in [7, 11) is 0. The van der Waals surface area contributed by atoms with Gasteiger partial charge in [0, 0.05) is 40.1 Å². The molecule has 0 aliphatic carbocycles. The molecule has 0 spiro atoms. The van der Waals surface area contributed by atoms with Gasteiger partial charge in [0.15, 0.2) is 0 Å². The molecule has 5 aromatic carbocycles. The molecule has 0 heterocycles. The zero-order valence-electron chi connectivity index (χ0n) is 25.5. The fourth-order valence-electron chi connectivity index (χ4n) is 4.29. The Kier molecular flexibility index (Phi) is 11.1. The first-order valence-electron chi connectivity index (χ1n) is 14.8. The topological polar surface area (TPSA) is 123 Å². The standard InChI is InChI=1S/C39H29N3O6/c43-36(25-19-28-11-3-1-4-12-28)47-34-17-9-7-13-29(34)22-26-37(44)48-35-18-10-8-16-32(35)27-40-42-39(46)31-20-23-33(24-21-31)41-38(45)30-14-5-2-6-15-30/h1-27H,(H,41,45)(H,42,46)/b25-19+,26-22+,40-27+. The second-order valence-corrected chi connectivity index (χ2v) is 10.1. The van der Waals surface area contributed by atoms with Crippen LogP contribution in [-0.4, -0.2) is 30.0 Å². The van der Waals surface area contributed by atoms with E-state index in [2.05, 4.69) is 15.8 Å². The minimum Gasteiger partial charge on any atom is -0.423 e. The Morgan fingerprint density at radius 1 is 0.521 bits per heavy atom. The molecule has 9 heteroatoms. The molecule has 0 aliphatic rings. The Hall–Kier alpha value is -6.87. The molecule has 0 unspecified atom stereocenters. The molecule has 5 aromatic rings. The maximum Gasteiger partial charge on any atom is 0.336 e. The number of hydrogen-bond acceptors (Lipinski definition) is 7. The zero-order valence-corrected chi connectivity index (χ0v) is 25.5. The highest BCUT2D eigenvalue weighted by Crippen LogP contribution is 2.21. The van der Waals surface area contributed by atoms with Crippen LogP contribution in [0.25, 0.3) is 12.2 Å². The van der Waals surface area contributed by atoms with Crippen molar-refractivity contribution in [2.45, 2.75) is 0 Å². The molecule has 0 bridgehead atoms. The summed E-state index contributed by atoms with van der Waals surface area (Å²) in [5.41, 5.74) is 5.63. The van der Waals surface area contributed by atoms with Crippen molar-refractivity contribution in [3.05, 3.63) is 173 Å². The monoisotopic (exact) mass is 635 g/mol. The van der Waals surface area contributed by atoms with Gasteiger partial charge in [-0.3, -0.25) is 9.59 Å². The van der Waals surface area contributed by atoms with Crippen molar-refractivity contribution in [3.8, 4) is 11.5 Å². The summed E-state index contributed by atoms with van der Waals surface area (Å²) in [6.07, 6.45) is 7.04. The van der Waals surface area contributed by atoms with E-state index in [-0.39, 0.29) is 17.4 Å². The third kappa shape index (κ3) is 9.56. The van der Waals surface area contributed by atoms with Crippen LogP contribution in [0.5, 0.6) is 11.5 Å². The maximum absolute atomic E-state index is 12.7. The number of amides is 2. The number of hydrazone groups is 1. The Morgan fingerprint density at radius 3 is 1.71 bits per heavy atom. The molecule has 0 saturated heterocycles. The van der Waals surface area contributed by atoms with Gasteiger partial charge >= 0.3 is 11.9 Å². The number of carbonyl (C=O) groups is 4. The molecule has 0 aromatic heterocycles. The average Bonchev–Trinajstić information content (AvgIpc) is 3.12. The van der Waals surface area contributed by atoms with E-state index >= 15 is 0 Å². The van der Waals surface area contributed by atoms with E-state index in [1.165, 1.54) is 24.4 Å². The van der Waals surface area contributed by atoms with Crippen LogP contribution in [0, 0.1) is 0 Å². The lowest BCUT2D eigenvalue weighted by Gasteiger charge is -2.07. The Morgan fingerprint density at radius 2 is 1.04 bits per heavy atom. The third-order valence-corrected chi connectivity index (χ3v) is 6.68. The zero-order chi connectivity index (χ0) is 33.6. The number of nitrogens with zero attached hydrogens (tertiary/aromatic N) is 1. The van der Waals surface area contributed by atoms with Crippen molar-refractivity contribution in [2.75, 3.05) is 5.32 Å². The first kappa shape index (κ1) is 32.5. The number of anilines is 1. The van der Waals surface area contributed by atoms with E-state index < -0.39 is 17.8 Å². The van der Waals surface area contributed by atoms with Crippen LogP contribution in [0.1, 0.15) is 37.4 Å². The maximum atomic E-state index is 12.7. The van der Waals surface area contributed by atoms with Crippen LogP contribution in [0.3, 0.4) is 0 Å². The summed E-state index contributed by atoms with van der Waals surface area (Å²) in [6.45, 7) is 0. The number of hydrogen-bond donors (Lipinski definition) is 2. The number of rotatable bonds is 11. The molecule has 0 radical (unpaired) electrons. The van der Waals surface area contributed by atoms with Crippen molar-refractivity contribution in [1.29, 1.82) is 0 Å². The SMILES string of the molecule is O=C(/C=C/c1ccccc1)Oc1ccccc1/C=C/C(=O)Oc1ccccc1/C=N/NC(=O)c1ccc(NC(=O)c2ccccc2)cc1. The van der Waals surface area contributed by atoms with Crippen LogP contribution >= 0.6 is 0 Å². The molecule has 5 rings (SSSR count). The van der Waals surface area contributed by atoms with Crippen LogP contribution in [0.15, 0.2) is 151 Å². The van der Waals surface area contributed by atoms with Gasteiger partial charge in [0.2, 0.25) is 0 Å². The molecule has 9 nitrogen and oxygen atoms in total. The molecule has 2 N–H and O–H groups in total. The van der Waals surface area contributed by atoms with E-state index in [9.17, 15) is 19.2 Å². The fourth-order valence-corrected chi connectivity index (χ4v) is 4.29. The van der Waals surface area contributed by atoms with Gasteiger partial charge in [0.1, 0.15) is 11.5 Å². The summed E-state index contributed by atoms with van der Waals surface area (Å²) in [4.78, 5) is 50.1. The van der Waals surface area contributed by atoms with E-state index in [4.69, 9.17) is 9.47 Å². The molecule has 2 amide bonds. The van der Waals surface area contributed by atoms with Gasteiger partial charge in [-0.15, -0.1) is 0 Å². The lowest BCUT2D eigenvalue weighted by atomic mass is 10.1. The number of esters is 2. The van der Waals surface area contributed by atoms with Crippen molar-refractivity contribution < 1.29 is 28.7 Å². The minimum atomic E-state index is -0.676. The normalized spacial score (nSPS) is 11.0. The summed E-state index contributed by atoms with van der Waals surface area (Å²) < 4.78 is 11.0. The minimum absolute atomic E-state index is 0.217. The molecular formula is C39H29N3O6. The molecule has 0 aliphatic heterocycles. The number of benzene rings is 5. The van der Waals surface area contributed by atoms with E-state index in [0.717, 1.165) is 5.56 Å². The average molecular weight is 636 g/mol. The third-order valence-electron chi connectivity index (χ3n) is 6.68. The highest BCUT2D eigenvalue weighted by molar-refractivity contribution is 6.04. The van der Waals surface area contributed by atoms with E-state index in [1.807, 2.05) is 36.4 Å². The van der Waals surface area contributed by atoms with Crippen LogP contribution in [0.4, 0.5) is 5.69 Å². The van der Waals surface area contributed by atoms with E-state index in [1.54, 1.807) is 103 Å². The lowest BCUT2D eigenvalue weighted by Crippen LogP contribution is -2.18. The number of ether oxygens (including phenoxy) is 2. The first-order valence-corrected chi connectivity index (χ1v) is 14.8. The van der Waals surface area contributed by atoms with Crippen molar-refractivity contribution in [3.63, 3.8) is 0 Å². The van der Waals surface area contributed by atoms with Crippen LogP contribution in [-0.2, 0) is 9.59 Å². The fraction of sp³-hybridized carbons (Fsp3) is 0. The number of nitrogens with one attached hydrogen (secondary N) is 2. The van der Waals surface area contributed by atoms with Gasteiger partial charge in [-0.2, -0.15) is 5.10 Å². The molecule has 0 saturated carbocycles. The van der Waals surface area contributed by atoms with Gasteiger partial charge in [0.25, 0.3) is 11.8 Å². The number of carbonyl (C=O) groups excluding carboxylic acids is 4. The van der Waals surface area contributed by atoms with Gasteiger partial charge < -0.3 is 14.8 Å². The van der Waals surface area contributed by atoms with Crippen molar-refractivity contribution in [1.82, 2.24) is 5.43 Å². The van der Waals surface area contributed by atoms with Gasteiger partial charge in [-0.1, -0.05) is 78.9 Å². The van der Waals surface area contributed by atoms with Gasteiger partial charge in [-0.05, 0) is 72.3 Å². The summed E-state index contributed by atoms with van der Waals surface area (Å²) in [6, 6.07) is 38.0. The molecule has 0 fully saturated rings. The summed E-state index contributed by atoms with van der Waals surface area (Å²) >= 11 is 0. The molecule has 0 atom stereocenters. The van der Waals surface area contributed by atoms with E-state index in [0.29, 0.717) is 27.9 Å². The Balaban J connectivity index is 1.15. The molecule has 48 heavy (non-hydrogen) atoms. The Bertz CT molecular complexity index is 1990. The predicted molar refractivity (Wildman–Crippen MR) is 185 cm³/mol. The van der Waals surface area contributed by atoms with Crippen molar-refractivity contribution in [2.24, 2.45) is 5.10 Å². The summed E-state index contributed by atoms with van der Waals surface area (Å²) in [5, 5.41) is 6.79. The quantitative estimate of drug-likeness (QED) is 0.0533. The van der Waals surface area contributed by atoms with Crippen LogP contribution in [0.2, 0.25) is 0 Å². The van der Waals surface area contributed by atoms with Crippen LogP contribution < -0.4 is 20.2 Å². The largest absolute Gasteiger partial charge is 0.423 e. The first-order chi connectivity index (χ1) is 23.4. The Labute approximate surface area is 276 Å². The lowest BCUT2D eigenvalue weighted by molar-refractivity contribution is -0.129. The second kappa shape index (κ2) is 16.4. The highest BCUT2D eigenvalue weighted by Gasteiger charge is 2.10. The summed E-state index contributed by atoms with van der Waals surface area (Å²) in [5.74, 6) is -1.48. The number of para-hydroxylation sites is 2. The molecule has 236 valence electrons. The van der Waals surface area contributed by atoms with Gasteiger partial charge in [-0.25, -0.2) is 15.0 Å². The molecular weight excluding hydrogens is 606 g/mol. The van der Waals surface area contributed by atoms with Crippen molar-refractivity contribution >= 4 is 47.8 Å². The highest BCUT2D eigenvalue weighted by atomic mass is 16.5. The second-order valence-electron chi connectivity index (χ2n) is 10.1. The smallest absolute Gasteiger partial charge is 0.336 e.